The van der Waals surface area contributed by atoms with Gasteiger partial charge in [-0.15, -0.1) is 0 Å². The molecule has 6 heteroatoms. The number of anilines is 1. The second-order valence-electron chi connectivity index (χ2n) is 6.48. The van der Waals surface area contributed by atoms with Gasteiger partial charge in [0.05, 0.1) is 10.7 Å². The molecule has 2 fully saturated rings. The van der Waals surface area contributed by atoms with Crippen LogP contribution in [0.15, 0.2) is 24.3 Å². The van der Waals surface area contributed by atoms with Crippen molar-refractivity contribution in [1.29, 1.82) is 0 Å². The number of hydrogen-bond acceptors (Lipinski definition) is 3. The maximum Gasteiger partial charge on any atom is 0.245 e. The highest BCUT2D eigenvalue weighted by atomic mass is 35.5. The maximum absolute atomic E-state index is 12.8. The normalized spacial score (nSPS) is 22.5. The molecule has 1 aromatic carbocycles. The number of nitrogens with one attached hydrogen (secondary N) is 1. The Bertz CT molecular complexity index is 608. The molecule has 0 saturated carbocycles. The van der Waals surface area contributed by atoms with E-state index in [4.69, 9.17) is 11.6 Å². The summed E-state index contributed by atoms with van der Waals surface area (Å²) in [5.74, 6) is 0.0598. The first-order valence-corrected chi connectivity index (χ1v) is 9.10. The van der Waals surface area contributed by atoms with Crippen LogP contribution in [0.1, 0.15) is 32.1 Å². The summed E-state index contributed by atoms with van der Waals surface area (Å²) in [7, 11) is 0. The molecule has 2 amide bonds. The quantitative estimate of drug-likeness (QED) is 0.892. The minimum Gasteiger partial charge on any atom is -0.368 e. The highest BCUT2D eigenvalue weighted by molar-refractivity contribution is 6.33. The molecule has 0 bridgehead atoms. The fourth-order valence-electron chi connectivity index (χ4n) is 3.47. The molecule has 1 aromatic rings. The predicted octanol–water partition coefficient (Wildman–Crippen LogP) is 2.44. The van der Waals surface area contributed by atoms with Crippen LogP contribution in [-0.2, 0) is 9.59 Å². The molecule has 1 unspecified atom stereocenters. The Morgan fingerprint density at radius 3 is 2.75 bits per heavy atom. The Morgan fingerprint density at radius 2 is 1.92 bits per heavy atom. The molecule has 2 saturated heterocycles. The molecule has 3 rings (SSSR count). The van der Waals surface area contributed by atoms with Crippen molar-refractivity contribution >= 4 is 29.1 Å². The minimum atomic E-state index is -0.355. The zero-order valence-electron chi connectivity index (χ0n) is 13.8. The molecule has 2 aliphatic rings. The van der Waals surface area contributed by atoms with Crippen LogP contribution in [0.2, 0.25) is 5.02 Å². The van der Waals surface area contributed by atoms with Gasteiger partial charge in [-0.3, -0.25) is 9.59 Å². The molecular weight excluding hydrogens is 326 g/mol. The van der Waals surface area contributed by atoms with Crippen LogP contribution < -0.4 is 10.2 Å². The van der Waals surface area contributed by atoms with Gasteiger partial charge in [-0.2, -0.15) is 0 Å². The van der Waals surface area contributed by atoms with Gasteiger partial charge in [-0.25, -0.2) is 0 Å². The molecule has 1 atom stereocenters. The molecule has 130 valence electrons. The molecule has 24 heavy (non-hydrogen) atoms. The van der Waals surface area contributed by atoms with Gasteiger partial charge in [0, 0.05) is 32.6 Å². The van der Waals surface area contributed by atoms with E-state index < -0.39 is 0 Å². The topological polar surface area (TPSA) is 52.7 Å². The van der Waals surface area contributed by atoms with Crippen molar-refractivity contribution in [1.82, 2.24) is 10.2 Å². The van der Waals surface area contributed by atoms with E-state index in [2.05, 4.69) is 10.2 Å². The zero-order valence-corrected chi connectivity index (χ0v) is 14.6. The second-order valence-corrected chi connectivity index (χ2v) is 6.89. The third-order valence-electron chi connectivity index (χ3n) is 4.78. The van der Waals surface area contributed by atoms with E-state index in [0.29, 0.717) is 13.0 Å². The lowest BCUT2D eigenvalue weighted by molar-refractivity contribution is -0.136. The van der Waals surface area contributed by atoms with Gasteiger partial charge in [0.1, 0.15) is 6.04 Å². The standard InChI is InChI=1S/C18H24ClN3O2/c19-14-6-1-3-8-16(14)21-10-5-11-22(13-12-21)18(24)15-7-2-4-9-17(23)20-15/h1,3,6,8,15H,2,4-5,7,9-13H2,(H,20,23). The van der Waals surface area contributed by atoms with Crippen molar-refractivity contribution in [2.24, 2.45) is 0 Å². The van der Waals surface area contributed by atoms with E-state index in [1.165, 1.54) is 0 Å². The van der Waals surface area contributed by atoms with Gasteiger partial charge < -0.3 is 15.1 Å². The van der Waals surface area contributed by atoms with Crippen molar-refractivity contribution in [3.63, 3.8) is 0 Å². The summed E-state index contributed by atoms with van der Waals surface area (Å²) in [6.45, 7) is 3.03. The molecule has 2 heterocycles. The monoisotopic (exact) mass is 349 g/mol. The molecular formula is C18H24ClN3O2. The van der Waals surface area contributed by atoms with Crippen LogP contribution in [0.5, 0.6) is 0 Å². The largest absolute Gasteiger partial charge is 0.368 e. The van der Waals surface area contributed by atoms with E-state index in [0.717, 1.165) is 56.0 Å². The third-order valence-corrected chi connectivity index (χ3v) is 5.10. The SMILES string of the molecule is O=C1CCCCC(C(=O)N2CCCN(c3ccccc3Cl)CC2)N1. The Balaban J connectivity index is 1.63. The van der Waals surface area contributed by atoms with Crippen LogP contribution in [-0.4, -0.2) is 48.9 Å². The maximum atomic E-state index is 12.8. The minimum absolute atomic E-state index is 0.00151. The van der Waals surface area contributed by atoms with Crippen molar-refractivity contribution in [3.05, 3.63) is 29.3 Å². The summed E-state index contributed by atoms with van der Waals surface area (Å²) >= 11 is 6.30. The van der Waals surface area contributed by atoms with Crippen LogP contribution in [0.4, 0.5) is 5.69 Å². The summed E-state index contributed by atoms with van der Waals surface area (Å²) in [6.07, 6.45) is 3.97. The van der Waals surface area contributed by atoms with Gasteiger partial charge >= 0.3 is 0 Å². The second kappa shape index (κ2) is 7.88. The molecule has 1 N–H and O–H groups in total. The number of hydrogen-bond donors (Lipinski definition) is 1. The first-order valence-electron chi connectivity index (χ1n) is 8.73. The van der Waals surface area contributed by atoms with Gasteiger partial charge in [0.25, 0.3) is 0 Å². The van der Waals surface area contributed by atoms with E-state index in [9.17, 15) is 9.59 Å². The van der Waals surface area contributed by atoms with Crippen molar-refractivity contribution in [3.8, 4) is 0 Å². The van der Waals surface area contributed by atoms with Gasteiger partial charge in [0.2, 0.25) is 11.8 Å². The fourth-order valence-corrected chi connectivity index (χ4v) is 3.72. The number of benzene rings is 1. The van der Waals surface area contributed by atoms with Gasteiger partial charge in [0.15, 0.2) is 0 Å². The number of carbonyl (C=O) groups is 2. The lowest BCUT2D eigenvalue weighted by Crippen LogP contribution is -2.48. The van der Waals surface area contributed by atoms with Crippen molar-refractivity contribution in [2.45, 2.75) is 38.1 Å². The van der Waals surface area contributed by atoms with E-state index in [1.807, 2.05) is 29.2 Å². The van der Waals surface area contributed by atoms with Crippen LogP contribution in [0.25, 0.3) is 0 Å². The first kappa shape index (κ1) is 17.1. The number of amides is 2. The third kappa shape index (κ3) is 4.01. The number of para-hydroxylation sites is 1. The molecule has 0 spiro atoms. The summed E-state index contributed by atoms with van der Waals surface area (Å²) in [4.78, 5) is 28.6. The lowest BCUT2D eigenvalue weighted by atomic mass is 10.1. The van der Waals surface area contributed by atoms with Crippen molar-refractivity contribution in [2.75, 3.05) is 31.1 Å². The number of halogens is 1. The Kier molecular flexibility index (Phi) is 5.61. The Morgan fingerprint density at radius 1 is 1.08 bits per heavy atom. The van der Waals surface area contributed by atoms with Gasteiger partial charge in [-0.05, 0) is 31.4 Å². The summed E-state index contributed by atoms with van der Waals surface area (Å²) in [5, 5.41) is 3.63. The Labute approximate surface area is 147 Å². The zero-order chi connectivity index (χ0) is 16.9. The highest BCUT2D eigenvalue weighted by Crippen LogP contribution is 2.26. The smallest absolute Gasteiger partial charge is 0.245 e. The molecule has 5 nitrogen and oxygen atoms in total. The average Bonchev–Trinajstić information content (AvgIpc) is 2.95. The highest BCUT2D eigenvalue weighted by Gasteiger charge is 2.28. The lowest BCUT2D eigenvalue weighted by Gasteiger charge is -2.27. The number of rotatable bonds is 2. The fraction of sp³-hybridized carbons (Fsp3) is 0.556. The Hall–Kier alpha value is -1.75. The first-order chi connectivity index (χ1) is 11.6. The number of carbonyl (C=O) groups excluding carboxylic acids is 2. The van der Waals surface area contributed by atoms with Gasteiger partial charge in [-0.1, -0.05) is 30.2 Å². The molecule has 0 aliphatic carbocycles. The molecule has 2 aliphatic heterocycles. The number of nitrogens with zero attached hydrogens (tertiary/aromatic N) is 2. The molecule has 0 aromatic heterocycles. The average molecular weight is 350 g/mol. The summed E-state index contributed by atoms with van der Waals surface area (Å²) in [5.41, 5.74) is 1.02. The van der Waals surface area contributed by atoms with Crippen LogP contribution in [0, 0.1) is 0 Å². The van der Waals surface area contributed by atoms with E-state index in [-0.39, 0.29) is 17.9 Å². The predicted molar refractivity (Wildman–Crippen MR) is 95.3 cm³/mol. The summed E-state index contributed by atoms with van der Waals surface area (Å²) < 4.78 is 0. The molecule has 0 radical (unpaired) electrons. The summed E-state index contributed by atoms with van der Waals surface area (Å²) in [6, 6.07) is 7.47. The van der Waals surface area contributed by atoms with E-state index >= 15 is 0 Å². The van der Waals surface area contributed by atoms with E-state index in [1.54, 1.807) is 0 Å². The van der Waals surface area contributed by atoms with Crippen molar-refractivity contribution < 1.29 is 9.59 Å². The van der Waals surface area contributed by atoms with Crippen LogP contribution in [0.3, 0.4) is 0 Å². The van der Waals surface area contributed by atoms with Crippen LogP contribution >= 0.6 is 11.6 Å².